The summed E-state index contributed by atoms with van der Waals surface area (Å²) in [6.07, 6.45) is 4.74. The molecule has 1 fully saturated rings. The number of carbonyl (C=O) groups is 1. The minimum absolute atomic E-state index is 0.00359. The minimum atomic E-state index is -0.330. The average molecular weight is 351 g/mol. The van der Waals surface area contributed by atoms with E-state index >= 15 is 0 Å². The van der Waals surface area contributed by atoms with Crippen LogP contribution in [0.1, 0.15) is 30.3 Å². The largest absolute Gasteiger partial charge is 0.336 e. The number of carbonyl (C=O) groups excluding carboxylic acids is 1. The van der Waals surface area contributed by atoms with E-state index in [4.69, 9.17) is 11.6 Å². The lowest BCUT2D eigenvalue weighted by atomic mass is 9.95. The number of benzene rings is 1. The smallest absolute Gasteiger partial charge is 0.223 e. The number of likely N-dealkylation sites (N-methyl/N-ethyl adjacent to an activating group) is 1. The summed E-state index contributed by atoms with van der Waals surface area (Å²) in [4.78, 5) is 18.2. The third kappa shape index (κ3) is 3.30. The van der Waals surface area contributed by atoms with E-state index in [1.54, 1.807) is 30.3 Å². The number of imidazole rings is 1. The fraction of sp³-hybridized carbons (Fsp3) is 0.412. The first-order chi connectivity index (χ1) is 11.5. The Hall–Kier alpha value is -1.92. The minimum Gasteiger partial charge on any atom is -0.336 e. The molecule has 1 aliphatic rings. The molecule has 24 heavy (non-hydrogen) atoms. The van der Waals surface area contributed by atoms with E-state index in [1.165, 1.54) is 6.07 Å². The van der Waals surface area contributed by atoms with Crippen LogP contribution in [0.2, 0.25) is 5.02 Å². The molecule has 0 aliphatic carbocycles. The van der Waals surface area contributed by atoms with Crippen LogP contribution in [0.4, 0.5) is 4.39 Å². The second-order valence-electron chi connectivity index (χ2n) is 6.11. The number of amides is 1. The van der Waals surface area contributed by atoms with Crippen molar-refractivity contribution in [3.05, 3.63) is 52.8 Å². The van der Waals surface area contributed by atoms with Gasteiger partial charge in [-0.25, -0.2) is 9.37 Å². The summed E-state index contributed by atoms with van der Waals surface area (Å²) in [7, 11) is 3.70. The number of hydrogen-bond donors (Lipinski definition) is 1. The van der Waals surface area contributed by atoms with Crippen molar-refractivity contribution in [3.63, 3.8) is 0 Å². The summed E-state index contributed by atoms with van der Waals surface area (Å²) in [5, 5.41) is 3.76. The fourth-order valence-electron chi connectivity index (χ4n) is 3.17. The van der Waals surface area contributed by atoms with E-state index in [1.807, 2.05) is 17.8 Å². The number of aryl methyl sites for hydroxylation is 1. The number of piperidine rings is 1. The van der Waals surface area contributed by atoms with Crippen LogP contribution in [-0.2, 0) is 18.4 Å². The van der Waals surface area contributed by atoms with Gasteiger partial charge in [-0.05, 0) is 18.6 Å². The van der Waals surface area contributed by atoms with Gasteiger partial charge in [-0.15, -0.1) is 0 Å². The van der Waals surface area contributed by atoms with E-state index in [2.05, 4.69) is 10.3 Å². The average Bonchev–Trinajstić information content (AvgIpc) is 2.95. The quantitative estimate of drug-likeness (QED) is 0.922. The molecule has 0 spiro atoms. The molecule has 128 valence electrons. The number of nitrogens with zero attached hydrogens (tertiary/aromatic N) is 3. The van der Waals surface area contributed by atoms with Crippen LogP contribution < -0.4 is 5.32 Å². The SMILES string of the molecule is CN1C(=O)CC[C@@H](NCc2ccc(Cl)cc2F)[C@@H]1c1nccn1C. The highest BCUT2D eigenvalue weighted by molar-refractivity contribution is 6.30. The van der Waals surface area contributed by atoms with E-state index in [0.717, 1.165) is 5.82 Å². The van der Waals surface area contributed by atoms with Gasteiger partial charge in [0.25, 0.3) is 0 Å². The van der Waals surface area contributed by atoms with Crippen LogP contribution in [0, 0.1) is 5.82 Å². The third-order valence-electron chi connectivity index (χ3n) is 4.55. The molecule has 1 aromatic heterocycles. The van der Waals surface area contributed by atoms with Gasteiger partial charge in [-0.2, -0.15) is 0 Å². The molecule has 0 radical (unpaired) electrons. The summed E-state index contributed by atoms with van der Waals surface area (Å²) in [6.45, 7) is 0.372. The highest BCUT2D eigenvalue weighted by Crippen LogP contribution is 2.30. The molecule has 0 saturated carbocycles. The van der Waals surface area contributed by atoms with Crippen LogP contribution in [0.5, 0.6) is 0 Å². The summed E-state index contributed by atoms with van der Waals surface area (Å²) < 4.78 is 15.9. The number of hydrogen-bond acceptors (Lipinski definition) is 3. The maximum absolute atomic E-state index is 14.0. The van der Waals surface area contributed by atoms with Crippen molar-refractivity contribution in [2.75, 3.05) is 7.05 Å². The summed E-state index contributed by atoms with van der Waals surface area (Å²) >= 11 is 5.79. The van der Waals surface area contributed by atoms with Crippen molar-refractivity contribution < 1.29 is 9.18 Å². The van der Waals surface area contributed by atoms with Crippen molar-refractivity contribution in [3.8, 4) is 0 Å². The first-order valence-electron chi connectivity index (χ1n) is 7.87. The first kappa shape index (κ1) is 16.9. The molecule has 1 aliphatic heterocycles. The Morgan fingerprint density at radius 3 is 2.88 bits per heavy atom. The Morgan fingerprint density at radius 1 is 1.42 bits per heavy atom. The molecule has 1 N–H and O–H groups in total. The molecule has 1 amide bonds. The predicted molar refractivity (Wildman–Crippen MR) is 90.0 cm³/mol. The zero-order chi connectivity index (χ0) is 17.3. The summed E-state index contributed by atoms with van der Waals surface area (Å²) in [5.41, 5.74) is 0.553. The van der Waals surface area contributed by atoms with Gasteiger partial charge in [0.1, 0.15) is 17.7 Å². The molecular formula is C17H20ClFN4O. The Kier molecular flexibility index (Phi) is 4.87. The van der Waals surface area contributed by atoms with E-state index in [-0.39, 0.29) is 23.8 Å². The molecule has 0 unspecified atom stereocenters. The van der Waals surface area contributed by atoms with Gasteiger partial charge in [0, 0.05) is 56.1 Å². The lowest BCUT2D eigenvalue weighted by molar-refractivity contribution is -0.136. The maximum Gasteiger partial charge on any atom is 0.223 e. The van der Waals surface area contributed by atoms with Gasteiger partial charge >= 0.3 is 0 Å². The highest BCUT2D eigenvalue weighted by atomic mass is 35.5. The summed E-state index contributed by atoms with van der Waals surface area (Å²) in [6, 6.07) is 4.49. The zero-order valence-corrected chi connectivity index (χ0v) is 14.4. The van der Waals surface area contributed by atoms with E-state index in [0.29, 0.717) is 30.0 Å². The second-order valence-corrected chi connectivity index (χ2v) is 6.54. The number of halogens is 2. The van der Waals surface area contributed by atoms with Gasteiger partial charge in [0.05, 0.1) is 0 Å². The standard InChI is InChI=1S/C17H20ClFN4O/c1-22-8-7-20-17(22)16-14(5-6-15(24)23(16)2)21-10-11-3-4-12(18)9-13(11)19/h3-4,7-9,14,16,21H,5-6,10H2,1-2H3/t14-,16-/m1/s1. The molecule has 1 aromatic carbocycles. The molecule has 7 heteroatoms. The Morgan fingerprint density at radius 2 is 2.21 bits per heavy atom. The van der Waals surface area contributed by atoms with Crippen molar-refractivity contribution in [2.24, 2.45) is 7.05 Å². The molecule has 2 atom stereocenters. The van der Waals surface area contributed by atoms with E-state index < -0.39 is 0 Å². The Labute approximate surface area is 145 Å². The molecular weight excluding hydrogens is 331 g/mol. The normalized spacial score (nSPS) is 21.3. The number of aromatic nitrogens is 2. The van der Waals surface area contributed by atoms with Gasteiger partial charge in [0.2, 0.25) is 5.91 Å². The zero-order valence-electron chi connectivity index (χ0n) is 13.7. The van der Waals surface area contributed by atoms with Crippen molar-refractivity contribution in [1.29, 1.82) is 0 Å². The number of likely N-dealkylation sites (tertiary alicyclic amines) is 1. The van der Waals surface area contributed by atoms with Crippen LogP contribution in [0.25, 0.3) is 0 Å². The van der Waals surface area contributed by atoms with Crippen LogP contribution in [0.15, 0.2) is 30.6 Å². The van der Waals surface area contributed by atoms with Gasteiger partial charge in [-0.1, -0.05) is 17.7 Å². The molecule has 2 heterocycles. The molecule has 3 rings (SSSR count). The van der Waals surface area contributed by atoms with E-state index in [9.17, 15) is 9.18 Å². The highest BCUT2D eigenvalue weighted by Gasteiger charge is 2.36. The second kappa shape index (κ2) is 6.91. The maximum atomic E-state index is 14.0. The monoisotopic (exact) mass is 350 g/mol. The van der Waals surface area contributed by atoms with Crippen molar-refractivity contribution >= 4 is 17.5 Å². The molecule has 5 nitrogen and oxygen atoms in total. The fourth-order valence-corrected chi connectivity index (χ4v) is 3.33. The predicted octanol–water partition coefficient (Wildman–Crippen LogP) is 2.66. The van der Waals surface area contributed by atoms with Crippen molar-refractivity contribution in [1.82, 2.24) is 19.8 Å². The molecule has 2 aromatic rings. The van der Waals surface area contributed by atoms with Gasteiger partial charge in [-0.3, -0.25) is 4.79 Å². The van der Waals surface area contributed by atoms with Crippen LogP contribution in [0.3, 0.4) is 0 Å². The Bertz CT molecular complexity index is 748. The summed E-state index contributed by atoms with van der Waals surface area (Å²) in [5.74, 6) is 0.585. The number of nitrogens with one attached hydrogen (secondary N) is 1. The Balaban J connectivity index is 1.79. The lowest BCUT2D eigenvalue weighted by Crippen LogP contribution is -2.49. The van der Waals surface area contributed by atoms with Crippen LogP contribution >= 0.6 is 11.6 Å². The lowest BCUT2D eigenvalue weighted by Gasteiger charge is -2.39. The number of rotatable bonds is 4. The van der Waals surface area contributed by atoms with Crippen molar-refractivity contribution in [2.45, 2.75) is 31.5 Å². The first-order valence-corrected chi connectivity index (χ1v) is 8.25. The molecule has 1 saturated heterocycles. The van der Waals surface area contributed by atoms with Gasteiger partial charge in [0.15, 0.2) is 0 Å². The van der Waals surface area contributed by atoms with Gasteiger partial charge < -0.3 is 14.8 Å². The molecule has 0 bridgehead atoms. The topological polar surface area (TPSA) is 50.2 Å². The third-order valence-corrected chi connectivity index (χ3v) is 4.79. The van der Waals surface area contributed by atoms with Crippen LogP contribution in [-0.4, -0.2) is 33.4 Å².